The highest BCUT2D eigenvalue weighted by Gasteiger charge is 2.34. The number of sulfone groups is 1. The topological polar surface area (TPSA) is 79.5 Å². The van der Waals surface area contributed by atoms with E-state index in [1.807, 2.05) is 30.3 Å². The Labute approximate surface area is 187 Å². The number of rotatable bonds is 8. The van der Waals surface area contributed by atoms with Gasteiger partial charge >= 0.3 is 0 Å². The molecule has 1 aromatic heterocycles. The first-order valence-electron chi connectivity index (χ1n) is 10.7. The largest absolute Gasteiger partial charge is 0.383 e. The Bertz CT molecular complexity index is 1210. The molecule has 1 aliphatic rings. The van der Waals surface area contributed by atoms with Crippen molar-refractivity contribution in [1.82, 2.24) is 9.88 Å². The molecule has 0 bridgehead atoms. The minimum atomic E-state index is -3.11. The van der Waals surface area contributed by atoms with Crippen LogP contribution in [0.1, 0.15) is 18.4 Å². The van der Waals surface area contributed by atoms with Gasteiger partial charge in [-0.05, 0) is 42.2 Å². The number of nitrogens with zero attached hydrogens (tertiary/aromatic N) is 1. The van der Waals surface area contributed by atoms with Gasteiger partial charge in [-0.1, -0.05) is 30.3 Å². The Morgan fingerprint density at radius 1 is 1.22 bits per heavy atom. The summed E-state index contributed by atoms with van der Waals surface area (Å²) < 4.78 is 43.1. The minimum Gasteiger partial charge on any atom is -0.383 e. The molecule has 1 N–H and O–H groups in total. The molecule has 0 aliphatic carbocycles. The maximum absolute atomic E-state index is 14.0. The summed E-state index contributed by atoms with van der Waals surface area (Å²) in [5, 5.41) is 0.753. The van der Waals surface area contributed by atoms with Gasteiger partial charge in [0.15, 0.2) is 9.84 Å². The fourth-order valence-electron chi connectivity index (χ4n) is 4.43. The van der Waals surface area contributed by atoms with Crippen LogP contribution in [0, 0.1) is 5.82 Å². The van der Waals surface area contributed by atoms with Crippen LogP contribution in [0.4, 0.5) is 4.39 Å². The number of aryl methyl sites for hydroxylation is 1. The summed E-state index contributed by atoms with van der Waals surface area (Å²) in [4.78, 5) is 18.2. The third-order valence-electron chi connectivity index (χ3n) is 6.03. The number of aromatic nitrogens is 1. The van der Waals surface area contributed by atoms with Crippen molar-refractivity contribution in [3.63, 3.8) is 0 Å². The molecule has 2 aromatic carbocycles. The number of hydrogen-bond acceptors (Lipinski definition) is 4. The molecule has 32 heavy (non-hydrogen) atoms. The van der Waals surface area contributed by atoms with Crippen molar-refractivity contribution in [2.45, 2.75) is 25.3 Å². The second-order valence-corrected chi connectivity index (χ2v) is 10.4. The van der Waals surface area contributed by atoms with E-state index in [0.717, 1.165) is 27.7 Å². The van der Waals surface area contributed by atoms with E-state index in [1.165, 1.54) is 12.1 Å². The lowest BCUT2D eigenvalue weighted by atomic mass is 10.0. The van der Waals surface area contributed by atoms with Crippen molar-refractivity contribution in [2.75, 3.05) is 31.8 Å². The molecule has 0 saturated carbocycles. The Balaban J connectivity index is 1.61. The molecule has 1 amide bonds. The molecule has 170 valence electrons. The first-order chi connectivity index (χ1) is 15.4. The smallest absolute Gasteiger partial charge is 0.223 e. The molecule has 2 heterocycles. The maximum atomic E-state index is 14.0. The van der Waals surface area contributed by atoms with E-state index in [9.17, 15) is 17.6 Å². The van der Waals surface area contributed by atoms with Gasteiger partial charge in [0.25, 0.3) is 0 Å². The van der Waals surface area contributed by atoms with Crippen LogP contribution in [-0.4, -0.2) is 62.0 Å². The van der Waals surface area contributed by atoms with E-state index < -0.39 is 9.84 Å². The monoisotopic (exact) mass is 458 g/mol. The summed E-state index contributed by atoms with van der Waals surface area (Å²) in [6, 6.07) is 14.0. The maximum Gasteiger partial charge on any atom is 0.223 e. The molecule has 1 fully saturated rings. The molecule has 4 rings (SSSR count). The minimum absolute atomic E-state index is 0.00395. The summed E-state index contributed by atoms with van der Waals surface area (Å²) in [6.07, 6.45) is 1.06. The molecule has 1 aliphatic heterocycles. The van der Waals surface area contributed by atoms with Gasteiger partial charge in [0, 0.05) is 42.7 Å². The van der Waals surface area contributed by atoms with Gasteiger partial charge in [-0.25, -0.2) is 12.8 Å². The highest BCUT2D eigenvalue weighted by Crippen LogP contribution is 2.32. The van der Waals surface area contributed by atoms with Crippen LogP contribution in [0.5, 0.6) is 0 Å². The average Bonchev–Trinajstić information content (AvgIpc) is 3.32. The number of H-pyrrole nitrogens is 1. The van der Waals surface area contributed by atoms with Crippen molar-refractivity contribution >= 4 is 26.6 Å². The normalized spacial score (nSPS) is 17.6. The molecule has 1 atom stereocenters. The Morgan fingerprint density at radius 2 is 2.00 bits per heavy atom. The molecule has 6 nitrogen and oxygen atoms in total. The van der Waals surface area contributed by atoms with E-state index >= 15 is 0 Å². The molecule has 0 spiro atoms. The van der Waals surface area contributed by atoms with E-state index in [2.05, 4.69) is 4.98 Å². The van der Waals surface area contributed by atoms with Gasteiger partial charge < -0.3 is 14.6 Å². The number of methoxy groups -OCH3 is 1. The van der Waals surface area contributed by atoms with Crippen LogP contribution < -0.4 is 0 Å². The fourth-order valence-corrected chi connectivity index (χ4v) is 6.16. The van der Waals surface area contributed by atoms with E-state index in [1.54, 1.807) is 18.1 Å². The second-order valence-electron chi connectivity index (χ2n) is 8.17. The number of carbonyl (C=O) groups is 1. The molecule has 1 unspecified atom stereocenters. The van der Waals surface area contributed by atoms with Crippen molar-refractivity contribution in [2.24, 2.45) is 0 Å². The average molecular weight is 459 g/mol. The van der Waals surface area contributed by atoms with Crippen LogP contribution in [0.15, 0.2) is 48.5 Å². The third kappa shape index (κ3) is 4.86. The Kier molecular flexibility index (Phi) is 6.62. The van der Waals surface area contributed by atoms with Gasteiger partial charge in [0.1, 0.15) is 5.82 Å². The number of hydrogen-bond donors (Lipinski definition) is 1. The number of ether oxygens (including phenoxy) is 1. The van der Waals surface area contributed by atoms with Gasteiger partial charge in [-0.15, -0.1) is 0 Å². The summed E-state index contributed by atoms with van der Waals surface area (Å²) in [7, 11) is -1.56. The number of carbonyl (C=O) groups excluding carboxylic acids is 1. The number of benzene rings is 2. The number of amides is 1. The van der Waals surface area contributed by atoms with E-state index in [4.69, 9.17) is 4.74 Å². The lowest BCUT2D eigenvalue weighted by molar-refractivity contribution is -0.133. The fraction of sp³-hybridized carbons (Fsp3) is 0.375. The van der Waals surface area contributed by atoms with Crippen LogP contribution >= 0.6 is 0 Å². The quantitative estimate of drug-likeness (QED) is 0.560. The van der Waals surface area contributed by atoms with Gasteiger partial charge in [0.2, 0.25) is 5.91 Å². The number of fused-ring (bicyclic) bond motifs is 1. The van der Waals surface area contributed by atoms with E-state index in [-0.39, 0.29) is 35.7 Å². The van der Waals surface area contributed by atoms with Gasteiger partial charge in [0.05, 0.1) is 18.1 Å². The zero-order valence-electron chi connectivity index (χ0n) is 18.0. The van der Waals surface area contributed by atoms with Crippen molar-refractivity contribution < 1.29 is 22.3 Å². The summed E-state index contributed by atoms with van der Waals surface area (Å²) >= 11 is 0. The zero-order valence-corrected chi connectivity index (χ0v) is 18.8. The van der Waals surface area contributed by atoms with Gasteiger partial charge in [-0.2, -0.15) is 0 Å². The molecule has 8 heteroatoms. The van der Waals surface area contributed by atoms with Crippen molar-refractivity contribution in [1.29, 1.82) is 0 Å². The van der Waals surface area contributed by atoms with Crippen LogP contribution in [-0.2, 0) is 25.8 Å². The Hall–Kier alpha value is -2.71. The predicted molar refractivity (Wildman–Crippen MR) is 123 cm³/mol. The summed E-state index contributed by atoms with van der Waals surface area (Å²) in [6.45, 7) is 0.694. The lowest BCUT2D eigenvalue weighted by Crippen LogP contribution is -2.43. The standard InChI is InChI=1S/C24H27FN2O4S/c1-31-13-12-27(19-11-14-32(29,30)16-19)23(28)10-8-20-21-15-18(25)7-9-22(21)26-24(20)17-5-3-2-4-6-17/h2-7,9,15,19,26H,8,10-14,16H2,1H3. The number of nitrogens with one attached hydrogen (secondary N) is 1. The summed E-state index contributed by atoms with van der Waals surface area (Å²) in [5.41, 5.74) is 3.52. The summed E-state index contributed by atoms with van der Waals surface area (Å²) in [5.74, 6) is -0.347. The molecular weight excluding hydrogens is 431 g/mol. The second kappa shape index (κ2) is 9.42. The molecule has 3 aromatic rings. The van der Waals surface area contributed by atoms with Crippen LogP contribution in [0.25, 0.3) is 22.2 Å². The molecule has 1 saturated heterocycles. The van der Waals surface area contributed by atoms with Gasteiger partial charge in [-0.3, -0.25) is 4.79 Å². The van der Waals surface area contributed by atoms with Crippen molar-refractivity contribution in [3.8, 4) is 11.3 Å². The predicted octanol–water partition coefficient (Wildman–Crippen LogP) is 3.57. The highest BCUT2D eigenvalue weighted by atomic mass is 32.2. The third-order valence-corrected chi connectivity index (χ3v) is 7.78. The number of halogens is 1. The first kappa shape index (κ1) is 22.5. The first-order valence-corrected chi connectivity index (χ1v) is 12.5. The molecule has 0 radical (unpaired) electrons. The van der Waals surface area contributed by atoms with Crippen molar-refractivity contribution in [3.05, 3.63) is 59.9 Å². The van der Waals surface area contributed by atoms with Crippen LogP contribution in [0.3, 0.4) is 0 Å². The zero-order chi connectivity index (χ0) is 22.7. The lowest BCUT2D eigenvalue weighted by Gasteiger charge is -2.28. The SMILES string of the molecule is COCCN(C(=O)CCc1c(-c2ccccc2)[nH]c2ccc(F)cc12)C1CCS(=O)(=O)C1. The molecular formula is C24H27FN2O4S. The highest BCUT2D eigenvalue weighted by molar-refractivity contribution is 7.91. The Morgan fingerprint density at radius 3 is 2.69 bits per heavy atom. The number of aromatic amines is 1. The van der Waals surface area contributed by atoms with E-state index in [0.29, 0.717) is 26.0 Å². The van der Waals surface area contributed by atoms with Crippen LogP contribution in [0.2, 0.25) is 0 Å².